The van der Waals surface area contributed by atoms with Gasteiger partial charge in [0, 0.05) is 18.2 Å². The van der Waals surface area contributed by atoms with Gasteiger partial charge in [0.25, 0.3) is 0 Å². The van der Waals surface area contributed by atoms with Crippen LogP contribution in [0.5, 0.6) is 0 Å². The van der Waals surface area contributed by atoms with Crippen molar-refractivity contribution in [3.8, 4) is 0 Å². The van der Waals surface area contributed by atoms with E-state index in [1.807, 2.05) is 33.8 Å². The van der Waals surface area contributed by atoms with Crippen molar-refractivity contribution in [2.24, 2.45) is 0 Å². The van der Waals surface area contributed by atoms with Crippen molar-refractivity contribution in [2.45, 2.75) is 45.8 Å². The fraction of sp³-hybridized carbons (Fsp3) is 0.421. The van der Waals surface area contributed by atoms with E-state index < -0.39 is 18.3 Å². The molecule has 0 saturated carbocycles. The van der Waals surface area contributed by atoms with E-state index in [1.54, 1.807) is 11.3 Å². The van der Waals surface area contributed by atoms with Crippen LogP contribution in [0.15, 0.2) is 35.1 Å². The van der Waals surface area contributed by atoms with Gasteiger partial charge in [-0.3, -0.25) is 4.79 Å². The molecule has 1 saturated heterocycles. The zero-order valence-corrected chi connectivity index (χ0v) is 16.2. The van der Waals surface area contributed by atoms with Gasteiger partial charge in [-0.15, -0.1) is 11.3 Å². The molecule has 1 aliphatic heterocycles. The van der Waals surface area contributed by atoms with Crippen LogP contribution in [-0.4, -0.2) is 30.8 Å². The third-order valence-corrected chi connectivity index (χ3v) is 5.85. The second kappa shape index (κ2) is 6.59. The van der Waals surface area contributed by atoms with E-state index in [0.29, 0.717) is 6.54 Å². The highest BCUT2D eigenvalue weighted by Gasteiger charge is 2.52. The predicted molar refractivity (Wildman–Crippen MR) is 105 cm³/mol. The van der Waals surface area contributed by atoms with E-state index in [-0.39, 0.29) is 5.91 Å². The van der Waals surface area contributed by atoms with Crippen LogP contribution in [-0.2, 0) is 14.1 Å². The van der Waals surface area contributed by atoms with E-state index in [0.717, 1.165) is 11.0 Å². The van der Waals surface area contributed by atoms with Gasteiger partial charge in [0.15, 0.2) is 0 Å². The largest absolute Gasteiger partial charge is 0.492 e. The van der Waals surface area contributed by atoms with Crippen molar-refractivity contribution in [3.05, 3.63) is 40.7 Å². The highest BCUT2D eigenvalue weighted by molar-refractivity contribution is 7.17. The van der Waals surface area contributed by atoms with Gasteiger partial charge < -0.3 is 14.6 Å². The summed E-state index contributed by atoms with van der Waals surface area (Å²) in [5.74, 6) is -0.0730. The number of hydrogen-bond acceptors (Lipinski definition) is 4. The smallest absolute Gasteiger partial charge is 0.400 e. The van der Waals surface area contributed by atoms with Crippen molar-refractivity contribution < 1.29 is 14.1 Å². The Morgan fingerprint density at radius 1 is 1.20 bits per heavy atom. The summed E-state index contributed by atoms with van der Waals surface area (Å²) in [6.45, 7) is 10.0. The van der Waals surface area contributed by atoms with Crippen molar-refractivity contribution in [3.63, 3.8) is 0 Å². The molecule has 2 heterocycles. The minimum Gasteiger partial charge on any atom is -0.400 e. The quantitative estimate of drug-likeness (QED) is 0.840. The zero-order valence-electron chi connectivity index (χ0n) is 15.4. The summed E-state index contributed by atoms with van der Waals surface area (Å²) in [5, 5.41) is 6.16. The number of amides is 1. The average Bonchev–Trinajstić information content (AvgIpc) is 3.06. The van der Waals surface area contributed by atoms with Crippen molar-refractivity contribution in [2.75, 3.05) is 6.54 Å². The summed E-state index contributed by atoms with van der Waals surface area (Å²) in [4.78, 5) is 11.4. The van der Waals surface area contributed by atoms with Crippen molar-refractivity contribution in [1.82, 2.24) is 5.32 Å². The highest BCUT2D eigenvalue weighted by Crippen LogP contribution is 2.39. The minimum absolute atomic E-state index is 0.0730. The Morgan fingerprint density at radius 2 is 1.88 bits per heavy atom. The molecule has 6 heteroatoms. The number of carbonyl (C=O) groups is 1. The molecule has 1 aromatic heterocycles. The summed E-state index contributed by atoms with van der Waals surface area (Å²) in [6.07, 6.45) is 2.08. The van der Waals surface area contributed by atoms with E-state index in [1.165, 1.54) is 17.0 Å². The number of nitrogens with one attached hydrogen (secondary N) is 1. The van der Waals surface area contributed by atoms with Crippen LogP contribution in [0.4, 0.5) is 0 Å². The first kappa shape index (κ1) is 18.2. The predicted octanol–water partition coefficient (Wildman–Crippen LogP) is 4.05. The number of fused-ring (bicyclic) bond motifs is 1. The molecule has 2 aromatic rings. The lowest BCUT2D eigenvalue weighted by Gasteiger charge is -2.32. The zero-order chi connectivity index (χ0) is 18.2. The first-order chi connectivity index (χ1) is 11.7. The van der Waals surface area contributed by atoms with E-state index in [4.69, 9.17) is 9.31 Å². The van der Waals surface area contributed by atoms with Crippen LogP contribution in [0, 0.1) is 0 Å². The average molecular weight is 357 g/mol. The molecule has 4 nitrogen and oxygen atoms in total. The molecule has 25 heavy (non-hydrogen) atoms. The third kappa shape index (κ3) is 3.66. The minimum atomic E-state index is -0.481. The maximum atomic E-state index is 11.4. The van der Waals surface area contributed by atoms with Crippen molar-refractivity contribution in [1.29, 1.82) is 0 Å². The first-order valence-electron chi connectivity index (χ1n) is 8.46. The molecule has 0 unspecified atom stereocenters. The highest BCUT2D eigenvalue weighted by atomic mass is 32.1. The lowest BCUT2D eigenvalue weighted by molar-refractivity contribution is -0.118. The Kier molecular flexibility index (Phi) is 4.79. The number of rotatable bonds is 4. The molecule has 1 fully saturated rings. The second-order valence-electron chi connectivity index (χ2n) is 7.40. The normalized spacial score (nSPS) is 19.4. The number of benzene rings is 1. The fourth-order valence-electron chi connectivity index (χ4n) is 2.77. The molecule has 0 atom stereocenters. The molecule has 3 rings (SSSR count). The molecule has 1 aliphatic rings. The molecule has 1 aromatic carbocycles. The van der Waals surface area contributed by atoms with Crippen LogP contribution in [0.2, 0.25) is 0 Å². The van der Waals surface area contributed by atoms with Crippen LogP contribution in [0.25, 0.3) is 16.2 Å². The number of hydrogen-bond donors (Lipinski definition) is 1. The topological polar surface area (TPSA) is 47.6 Å². The molecule has 1 N–H and O–H groups in total. The Hall–Kier alpha value is -1.63. The molecule has 1 amide bonds. The van der Waals surface area contributed by atoms with Gasteiger partial charge in [-0.2, -0.15) is 0 Å². The Labute approximate surface area is 153 Å². The lowest BCUT2D eigenvalue weighted by Crippen LogP contribution is -2.41. The monoisotopic (exact) mass is 357 g/mol. The summed E-state index contributed by atoms with van der Waals surface area (Å²) < 4.78 is 13.6. The maximum absolute atomic E-state index is 11.4. The maximum Gasteiger partial charge on any atom is 0.492 e. The lowest BCUT2D eigenvalue weighted by atomic mass is 9.76. The van der Waals surface area contributed by atoms with Gasteiger partial charge in [0.2, 0.25) is 5.91 Å². The van der Waals surface area contributed by atoms with Gasteiger partial charge in [-0.1, -0.05) is 18.2 Å². The van der Waals surface area contributed by atoms with E-state index >= 15 is 0 Å². The van der Waals surface area contributed by atoms with Gasteiger partial charge in [0.1, 0.15) is 0 Å². The molecule has 132 valence electrons. The summed E-state index contributed by atoms with van der Waals surface area (Å²) in [7, 11) is -0.481. The Balaban J connectivity index is 1.98. The second-order valence-corrected chi connectivity index (χ2v) is 8.34. The van der Waals surface area contributed by atoms with Gasteiger partial charge in [-0.05, 0) is 61.6 Å². The Bertz CT molecular complexity index is 809. The summed E-state index contributed by atoms with van der Waals surface area (Å²) in [5.41, 5.74) is 1.18. The molecule has 0 spiro atoms. The SMILES string of the molecule is CC(=O)NCC(=Cc1cccc2sccc12)B1OC(C)(C)C(C)(C)O1. The van der Waals surface area contributed by atoms with Gasteiger partial charge in [-0.25, -0.2) is 0 Å². The summed E-state index contributed by atoms with van der Waals surface area (Å²) in [6, 6.07) is 8.35. The molecule has 0 aliphatic carbocycles. The van der Waals surface area contributed by atoms with E-state index in [2.05, 4.69) is 35.0 Å². The van der Waals surface area contributed by atoms with Crippen LogP contribution < -0.4 is 5.32 Å². The van der Waals surface area contributed by atoms with Crippen LogP contribution in [0.3, 0.4) is 0 Å². The van der Waals surface area contributed by atoms with Crippen LogP contribution in [0.1, 0.15) is 40.2 Å². The number of thiophene rings is 1. The van der Waals surface area contributed by atoms with E-state index in [9.17, 15) is 4.79 Å². The third-order valence-electron chi connectivity index (χ3n) is 4.97. The van der Waals surface area contributed by atoms with Gasteiger partial charge in [0.05, 0.1) is 11.2 Å². The van der Waals surface area contributed by atoms with Crippen molar-refractivity contribution >= 4 is 40.5 Å². The first-order valence-corrected chi connectivity index (χ1v) is 9.34. The summed E-state index contributed by atoms with van der Waals surface area (Å²) >= 11 is 1.72. The molecular formula is C19H24BNO3S. The Morgan fingerprint density at radius 3 is 2.52 bits per heavy atom. The fourth-order valence-corrected chi connectivity index (χ4v) is 3.59. The van der Waals surface area contributed by atoms with Gasteiger partial charge >= 0.3 is 7.12 Å². The molecule has 0 bridgehead atoms. The van der Waals surface area contributed by atoms with Crippen LogP contribution >= 0.6 is 11.3 Å². The standard InChI is InChI=1S/C19H24BNO3S/c1-13(22)21-12-15(20-23-18(2,3)19(4,5)24-20)11-14-7-6-8-17-16(14)9-10-25-17/h6-11H,12H2,1-5H3,(H,21,22). The molecular weight excluding hydrogens is 333 g/mol. The number of carbonyl (C=O) groups excluding carboxylic acids is 1. The molecule has 0 radical (unpaired) electrons.